The molecule has 1 heterocycles. The van der Waals surface area contributed by atoms with E-state index in [2.05, 4.69) is 43.2 Å². The van der Waals surface area contributed by atoms with E-state index in [0.717, 1.165) is 29.2 Å². The lowest BCUT2D eigenvalue weighted by atomic mass is 9.93. The van der Waals surface area contributed by atoms with Gasteiger partial charge in [0.1, 0.15) is 5.92 Å². The normalized spacial score (nSPS) is 16.1. The third-order valence-electron chi connectivity index (χ3n) is 5.60. The predicted molar refractivity (Wildman–Crippen MR) is 121 cm³/mol. The Hall–Kier alpha value is -2.86. The van der Waals surface area contributed by atoms with Gasteiger partial charge in [-0.2, -0.15) is 0 Å². The van der Waals surface area contributed by atoms with E-state index < -0.39 is 5.92 Å². The zero-order valence-corrected chi connectivity index (χ0v) is 18.7. The molecular weight excluding hydrogens is 378 g/mol. The molecule has 1 aliphatic heterocycles. The average molecular weight is 410 g/mol. The Morgan fingerprint density at radius 3 is 2.33 bits per heavy atom. The van der Waals surface area contributed by atoms with Crippen LogP contribution in [-0.2, 0) is 11.3 Å². The first-order valence-corrected chi connectivity index (χ1v) is 10.3. The standard InChI is InChI=1S/C24H31N3O3/c1-7-19(25-17-10-8-16(9-11-17)14-27(4)15(2)3)23-18-12-21(29-5)22(30-6)13-20(18)26-24(23)28/h8-13,15,23H,7,14H2,1-6H3,(H,26,28). The third-order valence-corrected chi connectivity index (χ3v) is 5.60. The highest BCUT2D eigenvalue weighted by Gasteiger charge is 2.35. The average Bonchev–Trinajstić information content (AvgIpc) is 3.06. The molecule has 1 N–H and O–H groups in total. The Morgan fingerprint density at radius 2 is 1.77 bits per heavy atom. The van der Waals surface area contributed by atoms with Crippen molar-refractivity contribution in [2.45, 2.75) is 45.7 Å². The van der Waals surface area contributed by atoms with Crippen LogP contribution in [0, 0.1) is 0 Å². The van der Waals surface area contributed by atoms with E-state index in [1.165, 1.54) is 5.56 Å². The molecule has 0 aromatic heterocycles. The maximum atomic E-state index is 12.8. The zero-order chi connectivity index (χ0) is 21.8. The number of hydrogen-bond acceptors (Lipinski definition) is 5. The number of anilines is 1. The van der Waals surface area contributed by atoms with E-state index in [9.17, 15) is 4.79 Å². The van der Waals surface area contributed by atoms with Gasteiger partial charge in [-0.1, -0.05) is 19.1 Å². The number of hydrogen-bond donors (Lipinski definition) is 1. The van der Waals surface area contributed by atoms with E-state index in [4.69, 9.17) is 14.5 Å². The van der Waals surface area contributed by atoms with Gasteiger partial charge in [0.15, 0.2) is 11.5 Å². The smallest absolute Gasteiger partial charge is 0.237 e. The Kier molecular flexibility index (Phi) is 6.77. The zero-order valence-electron chi connectivity index (χ0n) is 18.7. The molecule has 0 bridgehead atoms. The largest absolute Gasteiger partial charge is 0.493 e. The quantitative estimate of drug-likeness (QED) is 0.639. The lowest BCUT2D eigenvalue weighted by Crippen LogP contribution is -2.25. The molecule has 0 saturated heterocycles. The lowest BCUT2D eigenvalue weighted by molar-refractivity contribution is -0.115. The molecule has 3 rings (SSSR count). The summed E-state index contributed by atoms with van der Waals surface area (Å²) in [7, 11) is 5.29. The van der Waals surface area contributed by atoms with Gasteiger partial charge in [-0.25, -0.2) is 0 Å². The Bertz CT molecular complexity index is 935. The van der Waals surface area contributed by atoms with Crippen LogP contribution in [-0.4, -0.2) is 43.8 Å². The van der Waals surface area contributed by atoms with Gasteiger partial charge >= 0.3 is 0 Å². The summed E-state index contributed by atoms with van der Waals surface area (Å²) in [5, 5.41) is 2.95. The van der Waals surface area contributed by atoms with Gasteiger partial charge in [0.05, 0.1) is 19.9 Å². The van der Waals surface area contributed by atoms with Crippen LogP contribution < -0.4 is 14.8 Å². The van der Waals surface area contributed by atoms with Gasteiger partial charge in [-0.15, -0.1) is 0 Å². The number of nitrogens with zero attached hydrogens (tertiary/aromatic N) is 2. The van der Waals surface area contributed by atoms with Gasteiger partial charge in [0.25, 0.3) is 0 Å². The molecule has 1 atom stereocenters. The predicted octanol–water partition coefficient (Wildman–Crippen LogP) is 4.76. The summed E-state index contributed by atoms with van der Waals surface area (Å²) in [6.07, 6.45) is 0.670. The number of amides is 1. The van der Waals surface area contributed by atoms with Crippen LogP contribution in [0.15, 0.2) is 41.4 Å². The summed E-state index contributed by atoms with van der Waals surface area (Å²) in [6, 6.07) is 12.4. The number of aliphatic imine (C=N–C) groups is 1. The molecule has 0 fully saturated rings. The summed E-state index contributed by atoms with van der Waals surface area (Å²) in [6.45, 7) is 7.28. The molecule has 0 aliphatic carbocycles. The van der Waals surface area contributed by atoms with E-state index >= 15 is 0 Å². The first-order valence-electron chi connectivity index (χ1n) is 10.3. The van der Waals surface area contributed by atoms with Gasteiger partial charge < -0.3 is 14.8 Å². The Labute approximate surface area is 178 Å². The molecule has 1 unspecified atom stereocenters. The minimum absolute atomic E-state index is 0.0731. The number of nitrogens with one attached hydrogen (secondary N) is 1. The Morgan fingerprint density at radius 1 is 1.13 bits per heavy atom. The highest BCUT2D eigenvalue weighted by Crippen LogP contribution is 2.42. The van der Waals surface area contributed by atoms with E-state index in [0.29, 0.717) is 24.0 Å². The lowest BCUT2D eigenvalue weighted by Gasteiger charge is -2.21. The summed E-state index contributed by atoms with van der Waals surface area (Å²) < 4.78 is 10.8. The topological polar surface area (TPSA) is 63.2 Å². The minimum Gasteiger partial charge on any atom is -0.493 e. The molecular formula is C24H31N3O3. The highest BCUT2D eigenvalue weighted by atomic mass is 16.5. The summed E-state index contributed by atoms with van der Waals surface area (Å²) >= 11 is 0. The molecule has 6 heteroatoms. The van der Waals surface area contributed by atoms with E-state index in [-0.39, 0.29) is 5.91 Å². The molecule has 1 amide bonds. The van der Waals surface area contributed by atoms with Crippen molar-refractivity contribution in [3.63, 3.8) is 0 Å². The van der Waals surface area contributed by atoms with Gasteiger partial charge in [0.2, 0.25) is 5.91 Å². The van der Waals surface area contributed by atoms with Crippen LogP contribution >= 0.6 is 0 Å². The van der Waals surface area contributed by atoms with Crippen molar-refractivity contribution in [2.24, 2.45) is 4.99 Å². The van der Waals surface area contributed by atoms with E-state index in [1.54, 1.807) is 20.3 Å². The van der Waals surface area contributed by atoms with Crippen LogP contribution in [0.3, 0.4) is 0 Å². The number of carbonyl (C=O) groups excluding carboxylic acids is 1. The minimum atomic E-state index is -0.434. The molecule has 2 aromatic carbocycles. The fourth-order valence-corrected chi connectivity index (χ4v) is 3.58. The number of carbonyl (C=O) groups is 1. The van der Waals surface area contributed by atoms with Crippen LogP contribution in [0.1, 0.15) is 44.2 Å². The summed E-state index contributed by atoms with van der Waals surface area (Å²) in [5.41, 5.74) is 4.53. The number of ether oxygens (including phenoxy) is 2. The van der Waals surface area contributed by atoms with Crippen molar-refractivity contribution in [3.05, 3.63) is 47.5 Å². The first-order chi connectivity index (χ1) is 14.4. The molecule has 2 aromatic rings. The molecule has 0 spiro atoms. The second-order valence-corrected chi connectivity index (χ2v) is 7.85. The second-order valence-electron chi connectivity index (χ2n) is 7.85. The van der Waals surface area contributed by atoms with Crippen LogP contribution in [0.4, 0.5) is 11.4 Å². The molecule has 0 saturated carbocycles. The maximum Gasteiger partial charge on any atom is 0.237 e. The molecule has 30 heavy (non-hydrogen) atoms. The van der Waals surface area contributed by atoms with Crippen LogP contribution in [0.2, 0.25) is 0 Å². The third kappa shape index (κ3) is 4.49. The van der Waals surface area contributed by atoms with Crippen molar-refractivity contribution in [1.29, 1.82) is 0 Å². The van der Waals surface area contributed by atoms with Crippen molar-refractivity contribution in [1.82, 2.24) is 4.90 Å². The highest BCUT2D eigenvalue weighted by molar-refractivity contribution is 6.19. The number of benzene rings is 2. The second kappa shape index (κ2) is 9.30. The van der Waals surface area contributed by atoms with Crippen LogP contribution in [0.25, 0.3) is 0 Å². The first kappa shape index (κ1) is 21.8. The molecule has 1 aliphatic rings. The number of fused-ring (bicyclic) bond motifs is 1. The summed E-state index contributed by atoms with van der Waals surface area (Å²) in [4.78, 5) is 19.9. The maximum absolute atomic E-state index is 12.8. The van der Waals surface area contributed by atoms with Crippen molar-refractivity contribution in [3.8, 4) is 11.5 Å². The van der Waals surface area contributed by atoms with Gasteiger partial charge in [-0.3, -0.25) is 14.7 Å². The number of methoxy groups -OCH3 is 2. The van der Waals surface area contributed by atoms with Crippen molar-refractivity contribution < 1.29 is 14.3 Å². The summed E-state index contributed by atoms with van der Waals surface area (Å²) in [5.74, 6) is 0.689. The fraction of sp³-hybridized carbons (Fsp3) is 0.417. The Balaban J connectivity index is 1.89. The van der Waals surface area contributed by atoms with E-state index in [1.807, 2.05) is 25.1 Å². The molecule has 160 valence electrons. The van der Waals surface area contributed by atoms with Gasteiger partial charge in [-0.05, 0) is 56.6 Å². The number of rotatable bonds is 8. The van der Waals surface area contributed by atoms with Crippen molar-refractivity contribution in [2.75, 3.05) is 26.6 Å². The monoisotopic (exact) mass is 409 g/mol. The van der Waals surface area contributed by atoms with Crippen molar-refractivity contribution >= 4 is 23.0 Å². The fourth-order valence-electron chi connectivity index (χ4n) is 3.58. The SMILES string of the molecule is CCC(=Nc1ccc(CN(C)C(C)C)cc1)C1C(=O)Nc2cc(OC)c(OC)cc21. The van der Waals surface area contributed by atoms with Gasteiger partial charge in [0, 0.05) is 30.1 Å². The van der Waals surface area contributed by atoms with Crippen LogP contribution in [0.5, 0.6) is 11.5 Å². The molecule has 0 radical (unpaired) electrons. The molecule has 6 nitrogen and oxygen atoms in total.